The lowest BCUT2D eigenvalue weighted by Crippen LogP contribution is -2.12. The molecule has 6 heteroatoms. The molecular weight excluding hydrogens is 234 g/mol. The van der Waals surface area contributed by atoms with Gasteiger partial charge in [0.25, 0.3) is 11.9 Å². The molecule has 1 heterocycles. The van der Waals surface area contributed by atoms with E-state index in [1.807, 2.05) is 6.92 Å². The molecule has 6 nitrogen and oxygen atoms in total. The Labute approximate surface area is 104 Å². The number of ether oxygens (including phenoxy) is 1. The SMILES string of the molecule is CCOc1ccc(NC(=O)c2coc(N)n2)cc1. The van der Waals surface area contributed by atoms with Crippen molar-refractivity contribution in [2.75, 3.05) is 17.7 Å². The number of nitrogen functional groups attached to an aromatic ring is 1. The Balaban J connectivity index is 2.03. The molecule has 0 unspecified atom stereocenters. The molecule has 94 valence electrons. The highest BCUT2D eigenvalue weighted by molar-refractivity contribution is 6.02. The molecule has 0 spiro atoms. The third-order valence-corrected chi connectivity index (χ3v) is 2.18. The predicted molar refractivity (Wildman–Crippen MR) is 66.5 cm³/mol. The number of nitrogens with two attached hydrogens (primary N) is 1. The van der Waals surface area contributed by atoms with E-state index in [1.54, 1.807) is 24.3 Å². The maximum atomic E-state index is 11.7. The van der Waals surface area contributed by atoms with E-state index in [9.17, 15) is 4.79 Å². The van der Waals surface area contributed by atoms with Crippen LogP contribution in [-0.4, -0.2) is 17.5 Å². The number of carbonyl (C=O) groups is 1. The first kappa shape index (κ1) is 12.0. The van der Waals surface area contributed by atoms with E-state index in [-0.39, 0.29) is 17.6 Å². The van der Waals surface area contributed by atoms with Crippen LogP contribution in [0.3, 0.4) is 0 Å². The molecule has 3 N–H and O–H groups in total. The Bertz CT molecular complexity index is 534. The van der Waals surface area contributed by atoms with Crippen molar-refractivity contribution < 1.29 is 13.9 Å². The van der Waals surface area contributed by atoms with E-state index >= 15 is 0 Å². The van der Waals surface area contributed by atoms with Crippen LogP contribution in [-0.2, 0) is 0 Å². The second-order valence-electron chi connectivity index (χ2n) is 3.48. The van der Waals surface area contributed by atoms with E-state index in [4.69, 9.17) is 14.9 Å². The fourth-order valence-electron chi connectivity index (χ4n) is 1.39. The summed E-state index contributed by atoms with van der Waals surface area (Å²) >= 11 is 0. The number of rotatable bonds is 4. The molecular formula is C12H13N3O3. The summed E-state index contributed by atoms with van der Waals surface area (Å²) in [6.45, 7) is 2.51. The second-order valence-corrected chi connectivity index (χ2v) is 3.48. The Morgan fingerprint density at radius 3 is 2.72 bits per heavy atom. The molecule has 2 aromatic rings. The molecule has 1 amide bonds. The van der Waals surface area contributed by atoms with Crippen LogP contribution in [0.15, 0.2) is 34.9 Å². The van der Waals surface area contributed by atoms with Gasteiger partial charge in [0.2, 0.25) is 0 Å². The summed E-state index contributed by atoms with van der Waals surface area (Å²) in [4.78, 5) is 15.4. The minimum absolute atomic E-state index is 0.0353. The number of hydrogen-bond donors (Lipinski definition) is 2. The summed E-state index contributed by atoms with van der Waals surface area (Å²) in [7, 11) is 0. The summed E-state index contributed by atoms with van der Waals surface area (Å²) in [6.07, 6.45) is 1.21. The number of nitrogens with one attached hydrogen (secondary N) is 1. The molecule has 0 saturated heterocycles. The Hall–Kier alpha value is -2.50. The first-order chi connectivity index (χ1) is 8.69. The highest BCUT2D eigenvalue weighted by Crippen LogP contribution is 2.16. The zero-order chi connectivity index (χ0) is 13.0. The third-order valence-electron chi connectivity index (χ3n) is 2.18. The molecule has 0 aliphatic carbocycles. The van der Waals surface area contributed by atoms with E-state index in [0.717, 1.165) is 5.75 Å². The van der Waals surface area contributed by atoms with Crippen molar-refractivity contribution in [3.8, 4) is 5.75 Å². The van der Waals surface area contributed by atoms with Gasteiger partial charge in [-0.15, -0.1) is 0 Å². The van der Waals surface area contributed by atoms with Crippen molar-refractivity contribution in [1.82, 2.24) is 4.98 Å². The molecule has 0 bridgehead atoms. The van der Waals surface area contributed by atoms with Crippen molar-refractivity contribution in [1.29, 1.82) is 0 Å². The molecule has 2 rings (SSSR count). The van der Waals surface area contributed by atoms with Gasteiger partial charge in [-0.05, 0) is 31.2 Å². The minimum Gasteiger partial charge on any atom is -0.494 e. The number of aromatic nitrogens is 1. The van der Waals surface area contributed by atoms with Crippen LogP contribution in [0.5, 0.6) is 5.75 Å². The van der Waals surface area contributed by atoms with Crippen molar-refractivity contribution in [3.63, 3.8) is 0 Å². The molecule has 0 radical (unpaired) electrons. The van der Waals surface area contributed by atoms with E-state index in [0.29, 0.717) is 12.3 Å². The smallest absolute Gasteiger partial charge is 0.292 e. The first-order valence-electron chi connectivity index (χ1n) is 5.44. The molecule has 0 fully saturated rings. The van der Waals surface area contributed by atoms with Crippen LogP contribution < -0.4 is 15.8 Å². The number of carbonyl (C=O) groups excluding carboxylic acids is 1. The number of benzene rings is 1. The summed E-state index contributed by atoms with van der Waals surface area (Å²) in [6, 6.07) is 7.00. The Kier molecular flexibility index (Phi) is 3.47. The average molecular weight is 247 g/mol. The highest BCUT2D eigenvalue weighted by atomic mass is 16.5. The van der Waals surface area contributed by atoms with E-state index < -0.39 is 0 Å². The van der Waals surface area contributed by atoms with Gasteiger partial charge in [-0.3, -0.25) is 4.79 Å². The molecule has 0 aliphatic heterocycles. The monoisotopic (exact) mass is 247 g/mol. The number of nitrogens with zero attached hydrogens (tertiary/aromatic N) is 1. The molecule has 18 heavy (non-hydrogen) atoms. The second kappa shape index (κ2) is 5.22. The topological polar surface area (TPSA) is 90.4 Å². The lowest BCUT2D eigenvalue weighted by atomic mass is 10.3. The standard InChI is InChI=1S/C12H13N3O3/c1-2-17-9-5-3-8(4-6-9)14-11(16)10-7-18-12(13)15-10/h3-7H,2H2,1H3,(H2,13,15)(H,14,16). The maximum absolute atomic E-state index is 11.7. The summed E-state index contributed by atoms with van der Waals surface area (Å²) < 4.78 is 10.1. The van der Waals surface area contributed by atoms with Gasteiger partial charge < -0.3 is 20.2 Å². The molecule has 1 aromatic carbocycles. The van der Waals surface area contributed by atoms with Gasteiger partial charge in [-0.25, -0.2) is 0 Å². The average Bonchev–Trinajstić information content (AvgIpc) is 2.79. The van der Waals surface area contributed by atoms with E-state index in [1.165, 1.54) is 6.26 Å². The van der Waals surface area contributed by atoms with Crippen LogP contribution in [0, 0.1) is 0 Å². The van der Waals surface area contributed by atoms with Crippen molar-refractivity contribution in [3.05, 3.63) is 36.2 Å². The quantitative estimate of drug-likeness (QED) is 0.861. The van der Waals surface area contributed by atoms with Crippen LogP contribution in [0.25, 0.3) is 0 Å². The van der Waals surface area contributed by atoms with Gasteiger partial charge in [0, 0.05) is 5.69 Å². The number of amides is 1. The lowest BCUT2D eigenvalue weighted by Gasteiger charge is -2.05. The summed E-state index contributed by atoms with van der Waals surface area (Å²) in [5, 5.41) is 2.67. The normalized spacial score (nSPS) is 10.1. The summed E-state index contributed by atoms with van der Waals surface area (Å²) in [5.74, 6) is 0.376. The minimum atomic E-state index is -0.375. The van der Waals surface area contributed by atoms with Crippen molar-refractivity contribution >= 4 is 17.6 Å². The summed E-state index contributed by atoms with van der Waals surface area (Å²) in [5.41, 5.74) is 6.07. The van der Waals surface area contributed by atoms with Crippen molar-refractivity contribution in [2.45, 2.75) is 6.92 Å². The largest absolute Gasteiger partial charge is 0.494 e. The van der Waals surface area contributed by atoms with Crippen molar-refractivity contribution in [2.24, 2.45) is 0 Å². The zero-order valence-electron chi connectivity index (χ0n) is 9.84. The molecule has 0 atom stereocenters. The van der Waals surface area contributed by atoms with E-state index in [2.05, 4.69) is 10.3 Å². The fourth-order valence-corrected chi connectivity index (χ4v) is 1.39. The van der Waals surface area contributed by atoms with Gasteiger partial charge in [0.15, 0.2) is 5.69 Å². The maximum Gasteiger partial charge on any atom is 0.292 e. The van der Waals surface area contributed by atoms with Gasteiger partial charge in [-0.1, -0.05) is 0 Å². The van der Waals surface area contributed by atoms with Crippen LogP contribution in [0.2, 0.25) is 0 Å². The molecule has 1 aromatic heterocycles. The third kappa shape index (κ3) is 2.79. The van der Waals surface area contributed by atoms with Gasteiger partial charge in [-0.2, -0.15) is 4.98 Å². The van der Waals surface area contributed by atoms with Crippen LogP contribution in [0.4, 0.5) is 11.7 Å². The van der Waals surface area contributed by atoms with Gasteiger partial charge in [0.05, 0.1) is 6.61 Å². The molecule has 0 aliphatic rings. The Morgan fingerprint density at radius 1 is 1.44 bits per heavy atom. The van der Waals surface area contributed by atoms with Gasteiger partial charge in [0.1, 0.15) is 12.0 Å². The first-order valence-corrected chi connectivity index (χ1v) is 5.44. The van der Waals surface area contributed by atoms with Crippen LogP contribution in [0.1, 0.15) is 17.4 Å². The van der Waals surface area contributed by atoms with Gasteiger partial charge >= 0.3 is 0 Å². The Morgan fingerprint density at radius 2 is 2.17 bits per heavy atom. The predicted octanol–water partition coefficient (Wildman–Crippen LogP) is 1.91. The highest BCUT2D eigenvalue weighted by Gasteiger charge is 2.10. The lowest BCUT2D eigenvalue weighted by molar-refractivity contribution is 0.102. The number of hydrogen-bond acceptors (Lipinski definition) is 5. The molecule has 0 saturated carbocycles. The number of oxazole rings is 1. The fraction of sp³-hybridized carbons (Fsp3) is 0.167. The van der Waals surface area contributed by atoms with Crippen LogP contribution >= 0.6 is 0 Å². The number of anilines is 2. The zero-order valence-corrected chi connectivity index (χ0v) is 9.84.